The van der Waals surface area contributed by atoms with Gasteiger partial charge >= 0.3 is 12.1 Å². The maximum Gasteiger partial charge on any atom is 0.416 e. The maximum absolute atomic E-state index is 13.1. The number of halogens is 3. The average Bonchev–Trinajstić information content (AvgIpc) is 2.92. The first kappa shape index (κ1) is 29.3. The molecular formula is C28H35F3N2O5. The van der Waals surface area contributed by atoms with Crippen molar-refractivity contribution in [3.63, 3.8) is 0 Å². The van der Waals surface area contributed by atoms with Gasteiger partial charge in [0.05, 0.1) is 12.7 Å². The zero-order chi connectivity index (χ0) is 27.9. The van der Waals surface area contributed by atoms with E-state index in [0.29, 0.717) is 25.7 Å². The van der Waals surface area contributed by atoms with Crippen molar-refractivity contribution in [3.05, 3.63) is 53.3 Å². The van der Waals surface area contributed by atoms with Crippen LogP contribution in [0.2, 0.25) is 0 Å². The van der Waals surface area contributed by atoms with Crippen molar-refractivity contribution in [3.8, 4) is 11.5 Å². The zero-order valence-corrected chi connectivity index (χ0v) is 21.9. The number of amides is 1. The Morgan fingerprint density at radius 2 is 1.92 bits per heavy atom. The SMILES string of the molecule is CCCCC1C(Cc2ccc(C(F)(F)F)cc2)CCCC(NC(=O)c2nccc(OC)c2O)C(=O)OC1C. The van der Waals surface area contributed by atoms with Crippen LogP contribution >= 0.6 is 0 Å². The normalized spacial score (nSPS) is 22.5. The molecule has 0 saturated carbocycles. The van der Waals surface area contributed by atoms with Crippen LogP contribution in [-0.4, -0.2) is 41.2 Å². The second-order valence-corrected chi connectivity index (χ2v) is 9.77. The molecule has 38 heavy (non-hydrogen) atoms. The number of hydrogen-bond donors (Lipinski definition) is 2. The van der Waals surface area contributed by atoms with Crippen LogP contribution in [-0.2, 0) is 22.1 Å². The van der Waals surface area contributed by atoms with Crippen molar-refractivity contribution in [1.29, 1.82) is 0 Å². The Kier molecular flexibility index (Phi) is 9.99. The summed E-state index contributed by atoms with van der Waals surface area (Å²) in [7, 11) is 1.35. The number of hydrogen-bond acceptors (Lipinski definition) is 6. The summed E-state index contributed by atoms with van der Waals surface area (Å²) >= 11 is 0. The van der Waals surface area contributed by atoms with Crippen LogP contribution in [0, 0.1) is 11.8 Å². The highest BCUT2D eigenvalue weighted by Gasteiger charge is 2.35. The number of alkyl halides is 3. The van der Waals surface area contributed by atoms with Gasteiger partial charge in [0, 0.05) is 12.3 Å². The van der Waals surface area contributed by atoms with Gasteiger partial charge in [-0.3, -0.25) is 4.79 Å². The molecule has 4 atom stereocenters. The maximum atomic E-state index is 13.1. The van der Waals surface area contributed by atoms with Gasteiger partial charge in [-0.25, -0.2) is 9.78 Å². The number of rotatable bonds is 8. The van der Waals surface area contributed by atoms with E-state index in [-0.39, 0.29) is 23.3 Å². The number of unbranched alkanes of at least 4 members (excludes halogenated alkanes) is 1. The predicted octanol–water partition coefficient (Wildman–Crippen LogP) is 5.69. The van der Waals surface area contributed by atoms with Crippen LogP contribution in [0.5, 0.6) is 11.5 Å². The summed E-state index contributed by atoms with van der Waals surface area (Å²) in [6.07, 6.45) is 1.37. The summed E-state index contributed by atoms with van der Waals surface area (Å²) in [5.41, 5.74) is -0.145. The third kappa shape index (κ3) is 7.39. The van der Waals surface area contributed by atoms with E-state index >= 15 is 0 Å². The number of benzene rings is 1. The summed E-state index contributed by atoms with van der Waals surface area (Å²) in [5.74, 6) is -1.53. The molecule has 1 aromatic carbocycles. The third-order valence-electron chi connectivity index (χ3n) is 7.16. The van der Waals surface area contributed by atoms with Crippen molar-refractivity contribution in [2.24, 2.45) is 11.8 Å². The molecule has 4 unspecified atom stereocenters. The van der Waals surface area contributed by atoms with E-state index in [1.165, 1.54) is 31.5 Å². The molecule has 1 fully saturated rings. The Labute approximate surface area is 220 Å². The number of cyclic esters (lactones) is 1. The lowest BCUT2D eigenvalue weighted by Gasteiger charge is -2.31. The molecule has 3 rings (SSSR count). The van der Waals surface area contributed by atoms with Gasteiger partial charge in [-0.15, -0.1) is 0 Å². The molecule has 208 valence electrons. The summed E-state index contributed by atoms with van der Waals surface area (Å²) in [6.45, 7) is 3.90. The minimum atomic E-state index is -4.39. The molecule has 1 aliphatic rings. The summed E-state index contributed by atoms with van der Waals surface area (Å²) in [4.78, 5) is 29.8. The van der Waals surface area contributed by atoms with E-state index in [9.17, 15) is 27.9 Å². The number of aromatic hydroxyl groups is 1. The molecule has 1 saturated heterocycles. The lowest BCUT2D eigenvalue weighted by molar-refractivity contribution is -0.154. The lowest BCUT2D eigenvalue weighted by atomic mass is 9.78. The van der Waals surface area contributed by atoms with Crippen LogP contribution in [0.4, 0.5) is 13.2 Å². The van der Waals surface area contributed by atoms with Crippen LogP contribution in [0.15, 0.2) is 36.5 Å². The molecule has 2 heterocycles. The average molecular weight is 537 g/mol. The molecule has 0 spiro atoms. The van der Waals surface area contributed by atoms with Gasteiger partial charge in [0.15, 0.2) is 17.2 Å². The van der Waals surface area contributed by atoms with Crippen LogP contribution in [0.1, 0.15) is 74.0 Å². The van der Waals surface area contributed by atoms with Gasteiger partial charge in [0.1, 0.15) is 12.1 Å². The number of nitrogens with one attached hydrogen (secondary N) is 1. The number of esters is 1. The molecular weight excluding hydrogens is 501 g/mol. The fourth-order valence-corrected chi connectivity index (χ4v) is 5.07. The fourth-order valence-electron chi connectivity index (χ4n) is 5.07. The monoisotopic (exact) mass is 536 g/mol. The Hall–Kier alpha value is -3.30. The van der Waals surface area contributed by atoms with Crippen LogP contribution in [0.3, 0.4) is 0 Å². The van der Waals surface area contributed by atoms with Crippen molar-refractivity contribution >= 4 is 11.9 Å². The first-order valence-electron chi connectivity index (χ1n) is 12.9. The van der Waals surface area contributed by atoms with E-state index in [1.807, 2.05) is 6.92 Å². The molecule has 10 heteroatoms. The second-order valence-electron chi connectivity index (χ2n) is 9.77. The lowest BCUT2D eigenvalue weighted by Crippen LogP contribution is -2.43. The molecule has 2 aromatic rings. The summed E-state index contributed by atoms with van der Waals surface area (Å²) < 4.78 is 49.9. The van der Waals surface area contributed by atoms with Crippen LogP contribution in [0.25, 0.3) is 0 Å². The largest absolute Gasteiger partial charge is 0.503 e. The summed E-state index contributed by atoms with van der Waals surface area (Å²) in [6, 6.07) is 5.70. The summed E-state index contributed by atoms with van der Waals surface area (Å²) in [5, 5.41) is 12.9. The fraction of sp³-hybridized carbons (Fsp3) is 0.536. The standard InChI is InChI=1S/C28H35F3N2O5/c1-4-5-8-21-17(2)38-27(36)22(33-26(35)24-25(34)23(37-3)14-15-32-24)9-6-7-19(21)16-18-10-12-20(13-11-18)28(29,30)31/h10-15,17,19,21-22,34H,4-9,16H2,1-3H3,(H,33,35). The van der Waals surface area contributed by atoms with E-state index in [1.54, 1.807) is 0 Å². The Morgan fingerprint density at radius 1 is 1.21 bits per heavy atom. The topological polar surface area (TPSA) is 97.8 Å². The minimum absolute atomic E-state index is 0.0136. The molecule has 1 amide bonds. The van der Waals surface area contributed by atoms with Gasteiger partial charge in [-0.1, -0.05) is 38.3 Å². The number of carbonyl (C=O) groups is 2. The molecule has 1 aromatic heterocycles. The first-order valence-corrected chi connectivity index (χ1v) is 12.9. The molecule has 0 radical (unpaired) electrons. The Bertz CT molecular complexity index is 1090. The highest BCUT2D eigenvalue weighted by molar-refractivity contribution is 5.97. The van der Waals surface area contributed by atoms with E-state index in [0.717, 1.165) is 37.0 Å². The Morgan fingerprint density at radius 3 is 2.55 bits per heavy atom. The quantitative estimate of drug-likeness (QED) is 0.421. The number of pyridine rings is 1. The van der Waals surface area contributed by atoms with Gasteiger partial charge in [-0.05, 0) is 62.1 Å². The number of carbonyl (C=O) groups excluding carboxylic acids is 2. The number of methoxy groups -OCH3 is 1. The number of nitrogens with zero attached hydrogens (tertiary/aromatic N) is 1. The molecule has 0 aliphatic carbocycles. The smallest absolute Gasteiger partial charge is 0.416 e. The highest BCUT2D eigenvalue weighted by Crippen LogP contribution is 2.35. The number of aromatic nitrogens is 1. The molecule has 0 bridgehead atoms. The van der Waals surface area contributed by atoms with E-state index in [2.05, 4.69) is 17.2 Å². The van der Waals surface area contributed by atoms with Crippen molar-refractivity contribution in [2.75, 3.05) is 7.11 Å². The zero-order valence-electron chi connectivity index (χ0n) is 21.9. The van der Waals surface area contributed by atoms with Crippen molar-refractivity contribution in [2.45, 2.75) is 77.1 Å². The van der Waals surface area contributed by atoms with E-state index < -0.39 is 41.5 Å². The van der Waals surface area contributed by atoms with Gasteiger partial charge in [0.25, 0.3) is 5.91 Å². The van der Waals surface area contributed by atoms with Crippen LogP contribution < -0.4 is 10.1 Å². The van der Waals surface area contributed by atoms with Crippen molar-refractivity contribution < 1.29 is 37.3 Å². The minimum Gasteiger partial charge on any atom is -0.503 e. The second kappa shape index (κ2) is 13.0. The molecule has 7 nitrogen and oxygen atoms in total. The first-order chi connectivity index (χ1) is 18.0. The predicted molar refractivity (Wildman–Crippen MR) is 135 cm³/mol. The van der Waals surface area contributed by atoms with Gasteiger partial charge in [-0.2, -0.15) is 13.2 Å². The van der Waals surface area contributed by atoms with Gasteiger partial charge < -0.3 is 19.9 Å². The molecule has 2 N–H and O–H groups in total. The number of ether oxygens (including phenoxy) is 2. The van der Waals surface area contributed by atoms with Gasteiger partial charge in [0.2, 0.25) is 0 Å². The van der Waals surface area contributed by atoms with E-state index in [4.69, 9.17) is 9.47 Å². The van der Waals surface area contributed by atoms with Crippen molar-refractivity contribution in [1.82, 2.24) is 10.3 Å². The highest BCUT2D eigenvalue weighted by atomic mass is 19.4. The Balaban J connectivity index is 1.78. The third-order valence-corrected chi connectivity index (χ3v) is 7.16. The molecule has 1 aliphatic heterocycles.